The molecule has 1 atom stereocenters. The predicted molar refractivity (Wildman–Crippen MR) is 126 cm³/mol. The lowest BCUT2D eigenvalue weighted by Gasteiger charge is -2.27. The van der Waals surface area contributed by atoms with Crippen LogP contribution in [0.2, 0.25) is 0 Å². The number of nitro benzene ring substituents is 1. The van der Waals surface area contributed by atoms with Gasteiger partial charge in [0.2, 0.25) is 0 Å². The van der Waals surface area contributed by atoms with Gasteiger partial charge in [0.25, 0.3) is 5.69 Å². The summed E-state index contributed by atoms with van der Waals surface area (Å²) in [5, 5.41) is 12.8. The smallest absolute Gasteiger partial charge is 0.269 e. The number of ether oxygens (including phenoxy) is 2. The molecule has 0 radical (unpaired) electrons. The minimum atomic E-state index is -2.66. The molecule has 32 heavy (non-hydrogen) atoms. The van der Waals surface area contributed by atoms with Crippen molar-refractivity contribution in [2.75, 3.05) is 46.0 Å². The van der Waals surface area contributed by atoms with Gasteiger partial charge >= 0.3 is 0 Å². The maximum Gasteiger partial charge on any atom is 0.269 e. The third-order valence-electron chi connectivity index (χ3n) is 5.20. The molecule has 1 heterocycles. The van der Waals surface area contributed by atoms with Crippen molar-refractivity contribution in [2.45, 2.75) is 24.3 Å². The number of rotatable bonds is 12. The minimum Gasteiger partial charge on any atom is -0.379 e. The molecule has 2 aromatic carbocycles. The second-order valence-corrected chi connectivity index (χ2v) is 9.84. The van der Waals surface area contributed by atoms with Gasteiger partial charge < -0.3 is 9.47 Å². The van der Waals surface area contributed by atoms with Crippen molar-refractivity contribution in [3.8, 4) is 0 Å². The molecular formula is C23H31N3O5S. The summed E-state index contributed by atoms with van der Waals surface area (Å²) in [5.41, 5.74) is 1.11. The van der Waals surface area contributed by atoms with E-state index < -0.39 is 14.6 Å². The molecule has 0 spiro atoms. The lowest BCUT2D eigenvalue weighted by atomic mass is 10.2. The lowest BCUT2D eigenvalue weighted by Crippen LogP contribution is -2.41. The standard InChI is InChI=1S/C23H31N3O5S/c27-26(28)22-8-10-23(11-9-22)32(29,24-12-13-25-14-17-30-18-15-25)19-5-4-16-31-20-21-6-2-1-3-7-21/h1-3,6-11,19H,4-5,12-18,20H2,(H,24,29). The Hall–Kier alpha value is -2.30. The van der Waals surface area contributed by atoms with Crippen molar-refractivity contribution in [1.29, 1.82) is 0 Å². The highest BCUT2D eigenvalue weighted by Gasteiger charge is 2.15. The van der Waals surface area contributed by atoms with Crippen LogP contribution in [0.5, 0.6) is 0 Å². The van der Waals surface area contributed by atoms with Crippen molar-refractivity contribution in [3.63, 3.8) is 0 Å². The first kappa shape index (κ1) is 24.3. The van der Waals surface area contributed by atoms with E-state index in [-0.39, 0.29) is 5.69 Å². The van der Waals surface area contributed by atoms with Crippen LogP contribution in [0.15, 0.2) is 59.5 Å². The molecule has 3 rings (SSSR count). The van der Waals surface area contributed by atoms with Crippen LogP contribution in [-0.2, 0) is 25.8 Å². The number of non-ortho nitro benzene ring substituents is 1. The van der Waals surface area contributed by atoms with Gasteiger partial charge in [-0.2, -0.15) is 0 Å². The van der Waals surface area contributed by atoms with E-state index in [1.807, 2.05) is 30.3 Å². The number of unbranched alkanes of at least 4 members (excludes halogenated alkanes) is 1. The fourth-order valence-corrected chi connectivity index (χ4v) is 5.30. The van der Waals surface area contributed by atoms with Crippen molar-refractivity contribution in [2.24, 2.45) is 0 Å². The molecule has 1 aliphatic rings. The maximum absolute atomic E-state index is 13.7. The zero-order chi connectivity index (χ0) is 22.7. The summed E-state index contributed by atoms with van der Waals surface area (Å²) in [6, 6.07) is 15.9. The van der Waals surface area contributed by atoms with E-state index in [1.54, 1.807) is 17.5 Å². The van der Waals surface area contributed by atoms with E-state index >= 15 is 0 Å². The van der Waals surface area contributed by atoms with Crippen LogP contribution in [0.4, 0.5) is 5.69 Å². The highest BCUT2D eigenvalue weighted by atomic mass is 32.2. The first-order valence-electron chi connectivity index (χ1n) is 10.9. The van der Waals surface area contributed by atoms with E-state index in [9.17, 15) is 14.3 Å². The Morgan fingerprint density at radius 3 is 2.53 bits per heavy atom. The monoisotopic (exact) mass is 461 g/mol. The number of morpholine rings is 1. The topological polar surface area (TPSA) is 93.9 Å². The maximum atomic E-state index is 13.7. The number of hydrogen-bond donors (Lipinski definition) is 1. The van der Waals surface area contributed by atoms with E-state index in [1.165, 1.54) is 12.1 Å². The molecule has 0 bridgehead atoms. The van der Waals surface area contributed by atoms with E-state index in [0.717, 1.165) is 31.6 Å². The molecule has 2 aromatic rings. The average Bonchev–Trinajstić information content (AvgIpc) is 2.83. The Bertz CT molecular complexity index is 953. The van der Waals surface area contributed by atoms with Crippen LogP contribution in [0, 0.1) is 10.1 Å². The summed E-state index contributed by atoms with van der Waals surface area (Å²) in [6.45, 7) is 5.59. The summed E-state index contributed by atoms with van der Waals surface area (Å²) < 4.78 is 28.0. The van der Waals surface area contributed by atoms with Crippen LogP contribution in [-0.4, -0.2) is 65.4 Å². The quantitative estimate of drug-likeness (QED) is 0.226. The van der Waals surface area contributed by atoms with Crippen LogP contribution in [0.1, 0.15) is 18.4 Å². The summed E-state index contributed by atoms with van der Waals surface area (Å²) in [4.78, 5) is 13.3. The summed E-state index contributed by atoms with van der Waals surface area (Å²) in [6.07, 6.45) is 1.34. The molecule has 9 heteroatoms. The van der Waals surface area contributed by atoms with Crippen LogP contribution in [0.25, 0.3) is 0 Å². The second-order valence-electron chi connectivity index (χ2n) is 7.55. The van der Waals surface area contributed by atoms with Gasteiger partial charge in [-0.3, -0.25) is 15.0 Å². The lowest BCUT2D eigenvalue weighted by molar-refractivity contribution is -0.384. The molecule has 0 saturated carbocycles. The molecule has 174 valence electrons. The molecule has 1 saturated heterocycles. The summed E-state index contributed by atoms with van der Waals surface area (Å²) >= 11 is 0. The molecule has 8 nitrogen and oxygen atoms in total. The molecule has 1 N–H and O–H groups in total. The first-order valence-corrected chi connectivity index (χ1v) is 12.5. The Morgan fingerprint density at radius 2 is 1.84 bits per heavy atom. The van der Waals surface area contributed by atoms with E-state index in [2.05, 4.69) is 9.62 Å². The Morgan fingerprint density at radius 1 is 1.12 bits per heavy atom. The highest BCUT2D eigenvalue weighted by Crippen LogP contribution is 2.16. The second kappa shape index (κ2) is 12.7. The van der Waals surface area contributed by atoms with Gasteiger partial charge in [-0.1, -0.05) is 30.3 Å². The number of nitrogens with one attached hydrogen (secondary N) is 1. The number of hydrogen-bond acceptors (Lipinski definition) is 6. The molecule has 1 unspecified atom stereocenters. The van der Waals surface area contributed by atoms with Gasteiger partial charge in [-0.25, -0.2) is 8.93 Å². The van der Waals surface area contributed by atoms with Gasteiger partial charge in [-0.15, -0.1) is 0 Å². The van der Waals surface area contributed by atoms with Crippen molar-refractivity contribution in [3.05, 3.63) is 70.3 Å². The fraction of sp³-hybridized carbons (Fsp3) is 0.435. The van der Waals surface area contributed by atoms with E-state index in [4.69, 9.17) is 9.47 Å². The third kappa shape index (κ3) is 7.68. The van der Waals surface area contributed by atoms with Crippen molar-refractivity contribution in [1.82, 2.24) is 9.62 Å². The zero-order valence-electron chi connectivity index (χ0n) is 18.2. The van der Waals surface area contributed by atoms with Crippen molar-refractivity contribution >= 4 is 20.8 Å². The Kier molecular flexibility index (Phi) is 9.63. The van der Waals surface area contributed by atoms with Gasteiger partial charge in [0.15, 0.2) is 0 Å². The van der Waals surface area contributed by atoms with Crippen LogP contribution < -0.4 is 4.72 Å². The van der Waals surface area contributed by atoms with Gasteiger partial charge in [0.05, 0.1) is 34.5 Å². The summed E-state index contributed by atoms with van der Waals surface area (Å²) in [5.74, 6) is 0. The molecule has 0 aromatic heterocycles. The Labute approximate surface area is 189 Å². The average molecular weight is 462 g/mol. The highest BCUT2D eigenvalue weighted by molar-refractivity contribution is 7.99. The van der Waals surface area contributed by atoms with E-state index in [0.29, 0.717) is 44.3 Å². The summed E-state index contributed by atoms with van der Waals surface area (Å²) in [7, 11) is -2.66. The number of nitrogens with zero attached hydrogens (tertiary/aromatic N) is 2. The van der Waals surface area contributed by atoms with Crippen molar-refractivity contribution < 1.29 is 18.6 Å². The van der Waals surface area contributed by atoms with Crippen LogP contribution in [0.3, 0.4) is 0 Å². The largest absolute Gasteiger partial charge is 0.379 e. The fourth-order valence-electron chi connectivity index (χ4n) is 3.39. The molecular weight excluding hydrogens is 430 g/mol. The van der Waals surface area contributed by atoms with Gasteiger partial charge in [-0.05, 0) is 35.9 Å². The molecule has 0 aliphatic carbocycles. The molecule has 1 fully saturated rings. The minimum absolute atomic E-state index is 0.0156. The molecule has 0 amide bonds. The van der Waals surface area contributed by atoms with Crippen LogP contribution >= 0.6 is 0 Å². The molecule has 1 aliphatic heterocycles. The third-order valence-corrected chi connectivity index (χ3v) is 7.51. The number of benzene rings is 2. The van der Waals surface area contributed by atoms with Gasteiger partial charge in [0, 0.05) is 49.8 Å². The first-order chi connectivity index (χ1) is 15.6. The predicted octanol–water partition coefficient (Wildman–Crippen LogP) is 2.87. The SMILES string of the molecule is O=[N+]([O-])c1ccc(S(=O)(=CCCCOCc2ccccc2)NCCN2CCOCC2)cc1. The normalized spacial score (nSPS) is 16.4. The Balaban J connectivity index is 1.58. The van der Waals surface area contributed by atoms with Gasteiger partial charge in [0.1, 0.15) is 0 Å². The number of nitro groups is 1. The zero-order valence-corrected chi connectivity index (χ0v) is 19.0.